The molecule has 3 rings (SSSR count). The molecule has 5 heteroatoms. The highest BCUT2D eigenvalue weighted by molar-refractivity contribution is 7.15. The van der Waals surface area contributed by atoms with Gasteiger partial charge in [0.05, 0.1) is 13.2 Å². The lowest BCUT2D eigenvalue weighted by Gasteiger charge is -2.27. The fraction of sp³-hybridized carbons (Fsp3) is 0.727. The molecule has 88 valence electrons. The molecule has 0 aromatic carbocycles. The number of ether oxygens (including phenoxy) is 1. The van der Waals surface area contributed by atoms with Crippen molar-refractivity contribution < 1.29 is 4.74 Å². The quantitative estimate of drug-likeness (QED) is 0.844. The number of nitrogens with zero attached hydrogens (tertiary/aromatic N) is 2. The van der Waals surface area contributed by atoms with Crippen molar-refractivity contribution in [2.24, 2.45) is 5.92 Å². The van der Waals surface area contributed by atoms with Crippen molar-refractivity contribution in [1.29, 1.82) is 0 Å². The maximum atomic E-state index is 5.35. The Hall–Kier alpha value is -0.650. The summed E-state index contributed by atoms with van der Waals surface area (Å²) in [6.45, 7) is 5.98. The zero-order chi connectivity index (χ0) is 10.8. The first kappa shape index (κ1) is 10.5. The summed E-state index contributed by atoms with van der Waals surface area (Å²) in [6.07, 6.45) is 3.24. The zero-order valence-electron chi connectivity index (χ0n) is 9.32. The van der Waals surface area contributed by atoms with Crippen LogP contribution in [0, 0.1) is 5.92 Å². The van der Waals surface area contributed by atoms with Crippen molar-refractivity contribution in [3.63, 3.8) is 0 Å². The van der Waals surface area contributed by atoms with E-state index in [2.05, 4.69) is 15.2 Å². The van der Waals surface area contributed by atoms with Gasteiger partial charge in [-0.05, 0) is 25.4 Å². The molecule has 2 aliphatic heterocycles. The lowest BCUT2D eigenvalue weighted by atomic mass is 9.99. The summed E-state index contributed by atoms with van der Waals surface area (Å²) >= 11 is 1.85. The number of nitrogens with one attached hydrogen (secondary N) is 1. The predicted molar refractivity (Wildman–Crippen MR) is 65.2 cm³/mol. The lowest BCUT2D eigenvalue weighted by Crippen LogP contribution is -2.42. The van der Waals surface area contributed by atoms with E-state index in [4.69, 9.17) is 4.74 Å². The molecule has 1 N–H and O–H groups in total. The zero-order valence-corrected chi connectivity index (χ0v) is 10.1. The van der Waals surface area contributed by atoms with E-state index < -0.39 is 0 Å². The number of aromatic nitrogens is 1. The molecule has 0 spiro atoms. The number of hydrogen-bond acceptors (Lipinski definition) is 5. The van der Waals surface area contributed by atoms with Gasteiger partial charge in [-0.2, -0.15) is 0 Å². The third-order valence-electron chi connectivity index (χ3n) is 3.18. The van der Waals surface area contributed by atoms with Gasteiger partial charge >= 0.3 is 0 Å². The second kappa shape index (κ2) is 4.69. The number of anilines is 1. The van der Waals surface area contributed by atoms with Crippen molar-refractivity contribution in [2.45, 2.75) is 6.42 Å². The summed E-state index contributed by atoms with van der Waals surface area (Å²) in [4.78, 5) is 8.27. The molecule has 4 nitrogen and oxygen atoms in total. The summed E-state index contributed by atoms with van der Waals surface area (Å²) in [6, 6.07) is 0. The average Bonchev–Trinajstić information content (AvgIpc) is 2.73. The van der Waals surface area contributed by atoms with Gasteiger partial charge in [0.2, 0.25) is 0 Å². The molecular weight excluding hydrogens is 222 g/mol. The van der Waals surface area contributed by atoms with Gasteiger partial charge < -0.3 is 15.0 Å². The molecule has 0 aliphatic carbocycles. The minimum atomic E-state index is 0.831. The Bertz CT molecular complexity index is 345. The predicted octanol–water partition coefficient (Wildman–Crippen LogP) is 0.742. The SMILES string of the molecule is c1nc(N2CCOCC2)sc1CC1CNC1. The molecule has 2 saturated heterocycles. The Morgan fingerprint density at radius 1 is 1.44 bits per heavy atom. The van der Waals surface area contributed by atoms with Crippen LogP contribution in [0.15, 0.2) is 6.20 Å². The average molecular weight is 239 g/mol. The number of rotatable bonds is 3. The maximum Gasteiger partial charge on any atom is 0.185 e. The van der Waals surface area contributed by atoms with Gasteiger partial charge in [0.15, 0.2) is 5.13 Å². The van der Waals surface area contributed by atoms with E-state index in [0.717, 1.165) is 32.2 Å². The van der Waals surface area contributed by atoms with Gasteiger partial charge in [0, 0.05) is 24.2 Å². The topological polar surface area (TPSA) is 37.4 Å². The van der Waals surface area contributed by atoms with Crippen molar-refractivity contribution >= 4 is 16.5 Å². The van der Waals surface area contributed by atoms with Crippen LogP contribution in [0.1, 0.15) is 4.88 Å². The van der Waals surface area contributed by atoms with Crippen LogP contribution in [0.5, 0.6) is 0 Å². The third-order valence-corrected chi connectivity index (χ3v) is 4.26. The van der Waals surface area contributed by atoms with Crippen LogP contribution in [0.2, 0.25) is 0 Å². The summed E-state index contributed by atoms with van der Waals surface area (Å²) in [5, 5.41) is 4.48. The van der Waals surface area contributed by atoms with E-state index >= 15 is 0 Å². The molecule has 2 fully saturated rings. The van der Waals surface area contributed by atoms with Crippen LogP contribution >= 0.6 is 11.3 Å². The van der Waals surface area contributed by atoms with Crippen molar-refractivity contribution in [3.05, 3.63) is 11.1 Å². The van der Waals surface area contributed by atoms with Crippen LogP contribution in [0.3, 0.4) is 0 Å². The Morgan fingerprint density at radius 2 is 2.25 bits per heavy atom. The van der Waals surface area contributed by atoms with Crippen LogP contribution in [-0.4, -0.2) is 44.4 Å². The Kier molecular flexibility index (Phi) is 3.08. The maximum absolute atomic E-state index is 5.35. The Balaban J connectivity index is 1.61. The summed E-state index contributed by atoms with van der Waals surface area (Å²) in [5.41, 5.74) is 0. The van der Waals surface area contributed by atoms with Crippen LogP contribution in [-0.2, 0) is 11.2 Å². The van der Waals surface area contributed by atoms with Gasteiger partial charge in [-0.25, -0.2) is 4.98 Å². The summed E-state index contributed by atoms with van der Waals surface area (Å²) in [7, 11) is 0. The second-order valence-electron chi connectivity index (χ2n) is 4.44. The van der Waals surface area contributed by atoms with E-state index in [-0.39, 0.29) is 0 Å². The molecule has 16 heavy (non-hydrogen) atoms. The third kappa shape index (κ3) is 2.21. The van der Waals surface area contributed by atoms with Crippen molar-refractivity contribution in [3.8, 4) is 0 Å². The largest absolute Gasteiger partial charge is 0.378 e. The minimum Gasteiger partial charge on any atom is -0.378 e. The second-order valence-corrected chi connectivity index (χ2v) is 5.53. The van der Waals surface area contributed by atoms with Gasteiger partial charge in [0.1, 0.15) is 0 Å². The molecule has 0 bridgehead atoms. The molecule has 0 atom stereocenters. The highest BCUT2D eigenvalue weighted by atomic mass is 32.1. The molecule has 0 amide bonds. The molecule has 0 saturated carbocycles. The van der Waals surface area contributed by atoms with Crippen LogP contribution in [0.25, 0.3) is 0 Å². The highest BCUT2D eigenvalue weighted by Gasteiger charge is 2.20. The lowest BCUT2D eigenvalue weighted by molar-refractivity contribution is 0.122. The number of morpholine rings is 1. The fourth-order valence-corrected chi connectivity index (χ4v) is 3.15. The van der Waals surface area contributed by atoms with E-state index in [1.54, 1.807) is 0 Å². The Morgan fingerprint density at radius 3 is 2.94 bits per heavy atom. The fourth-order valence-electron chi connectivity index (χ4n) is 2.07. The first-order valence-corrected chi connectivity index (χ1v) is 6.71. The molecule has 1 aromatic heterocycles. The molecule has 0 radical (unpaired) electrons. The minimum absolute atomic E-state index is 0.831. The Labute approximate surface area is 99.6 Å². The normalized spacial score (nSPS) is 22.1. The van der Waals surface area contributed by atoms with Gasteiger partial charge in [-0.1, -0.05) is 0 Å². The van der Waals surface area contributed by atoms with E-state index in [1.807, 2.05) is 17.5 Å². The van der Waals surface area contributed by atoms with Crippen LogP contribution in [0.4, 0.5) is 5.13 Å². The van der Waals surface area contributed by atoms with Crippen molar-refractivity contribution in [1.82, 2.24) is 10.3 Å². The highest BCUT2D eigenvalue weighted by Crippen LogP contribution is 2.25. The van der Waals surface area contributed by atoms with Crippen molar-refractivity contribution in [2.75, 3.05) is 44.3 Å². The van der Waals surface area contributed by atoms with Gasteiger partial charge in [0.25, 0.3) is 0 Å². The monoisotopic (exact) mass is 239 g/mol. The number of hydrogen-bond donors (Lipinski definition) is 1. The van der Waals surface area contributed by atoms with E-state index in [9.17, 15) is 0 Å². The first-order valence-electron chi connectivity index (χ1n) is 5.90. The summed E-state index contributed by atoms with van der Waals surface area (Å²) in [5.74, 6) is 0.831. The molecule has 3 heterocycles. The molecule has 1 aromatic rings. The van der Waals surface area contributed by atoms with E-state index in [1.165, 1.54) is 29.5 Å². The molecule has 2 aliphatic rings. The number of thiazole rings is 1. The van der Waals surface area contributed by atoms with E-state index in [0.29, 0.717) is 0 Å². The summed E-state index contributed by atoms with van der Waals surface area (Å²) < 4.78 is 5.35. The first-order chi connectivity index (χ1) is 7.92. The van der Waals surface area contributed by atoms with Crippen LogP contribution < -0.4 is 10.2 Å². The standard InChI is InChI=1S/C11H17N3OS/c1-3-15-4-2-14(1)11-13-8-10(16-11)5-9-6-12-7-9/h8-9,12H,1-7H2. The smallest absolute Gasteiger partial charge is 0.185 e. The van der Waals surface area contributed by atoms with Gasteiger partial charge in [-0.3, -0.25) is 0 Å². The molecule has 0 unspecified atom stereocenters. The molecular formula is C11H17N3OS. The van der Waals surface area contributed by atoms with Gasteiger partial charge in [-0.15, -0.1) is 11.3 Å².